The van der Waals surface area contributed by atoms with Gasteiger partial charge in [-0.1, -0.05) is 6.07 Å². The van der Waals surface area contributed by atoms with Crippen LogP contribution in [0.4, 0.5) is 10.1 Å². The molecular formula is C21H24FN3O2. The molecule has 0 radical (unpaired) electrons. The Hall–Kier alpha value is -2.73. The van der Waals surface area contributed by atoms with Gasteiger partial charge in [0.05, 0.1) is 6.54 Å². The Morgan fingerprint density at radius 1 is 0.963 bits per heavy atom. The Kier molecular flexibility index (Phi) is 5.86. The maximum atomic E-state index is 13.0. The van der Waals surface area contributed by atoms with Crippen molar-refractivity contribution in [3.63, 3.8) is 0 Å². The lowest BCUT2D eigenvalue weighted by atomic mass is 10.1. The van der Waals surface area contributed by atoms with Gasteiger partial charge in [0.15, 0.2) is 0 Å². The van der Waals surface area contributed by atoms with Crippen LogP contribution in [-0.2, 0) is 4.79 Å². The number of rotatable bonds is 4. The van der Waals surface area contributed by atoms with Crippen molar-refractivity contribution in [2.45, 2.75) is 13.8 Å². The molecule has 0 aromatic heterocycles. The highest BCUT2D eigenvalue weighted by Crippen LogP contribution is 2.14. The van der Waals surface area contributed by atoms with E-state index in [-0.39, 0.29) is 17.6 Å². The third-order valence-electron chi connectivity index (χ3n) is 4.91. The molecule has 1 aliphatic rings. The van der Waals surface area contributed by atoms with Crippen LogP contribution in [0.5, 0.6) is 0 Å². The molecular weight excluding hydrogens is 345 g/mol. The van der Waals surface area contributed by atoms with Gasteiger partial charge in [-0.05, 0) is 61.4 Å². The van der Waals surface area contributed by atoms with Gasteiger partial charge in [0.2, 0.25) is 5.91 Å². The molecule has 2 amide bonds. The summed E-state index contributed by atoms with van der Waals surface area (Å²) in [5, 5.41) is 2.93. The second-order valence-electron chi connectivity index (χ2n) is 6.92. The third-order valence-corrected chi connectivity index (χ3v) is 4.91. The third kappa shape index (κ3) is 4.92. The van der Waals surface area contributed by atoms with Gasteiger partial charge in [-0.3, -0.25) is 14.5 Å². The summed E-state index contributed by atoms with van der Waals surface area (Å²) in [4.78, 5) is 28.5. The fourth-order valence-electron chi connectivity index (χ4n) is 3.11. The van der Waals surface area contributed by atoms with Crippen LogP contribution in [0.2, 0.25) is 0 Å². The lowest BCUT2D eigenvalue weighted by Crippen LogP contribution is -2.50. The van der Waals surface area contributed by atoms with Gasteiger partial charge < -0.3 is 10.2 Å². The van der Waals surface area contributed by atoms with Crippen LogP contribution in [0.15, 0.2) is 42.5 Å². The summed E-state index contributed by atoms with van der Waals surface area (Å²) in [6.07, 6.45) is 0. The van der Waals surface area contributed by atoms with E-state index in [4.69, 9.17) is 0 Å². The van der Waals surface area contributed by atoms with E-state index in [1.807, 2.05) is 36.9 Å². The second-order valence-corrected chi connectivity index (χ2v) is 6.92. The van der Waals surface area contributed by atoms with Gasteiger partial charge in [-0.15, -0.1) is 0 Å². The van der Waals surface area contributed by atoms with Crippen molar-refractivity contribution >= 4 is 17.5 Å². The Morgan fingerprint density at radius 2 is 1.63 bits per heavy atom. The van der Waals surface area contributed by atoms with Crippen LogP contribution in [0.3, 0.4) is 0 Å². The molecule has 1 saturated heterocycles. The van der Waals surface area contributed by atoms with Gasteiger partial charge in [0.1, 0.15) is 5.82 Å². The van der Waals surface area contributed by atoms with Crippen LogP contribution < -0.4 is 5.32 Å². The summed E-state index contributed by atoms with van der Waals surface area (Å²) in [7, 11) is 0. The minimum atomic E-state index is -0.355. The molecule has 142 valence electrons. The quantitative estimate of drug-likeness (QED) is 0.902. The molecule has 0 saturated carbocycles. The molecule has 5 nitrogen and oxygen atoms in total. The fourth-order valence-corrected chi connectivity index (χ4v) is 3.11. The number of nitrogens with zero attached hydrogens (tertiary/aromatic N) is 2. The van der Waals surface area contributed by atoms with Gasteiger partial charge in [0, 0.05) is 37.4 Å². The van der Waals surface area contributed by atoms with Gasteiger partial charge >= 0.3 is 0 Å². The first-order valence-electron chi connectivity index (χ1n) is 9.06. The zero-order valence-electron chi connectivity index (χ0n) is 15.7. The van der Waals surface area contributed by atoms with Crippen LogP contribution in [-0.4, -0.2) is 54.3 Å². The van der Waals surface area contributed by atoms with Crippen LogP contribution in [0.1, 0.15) is 21.5 Å². The van der Waals surface area contributed by atoms with Crippen molar-refractivity contribution in [3.8, 4) is 0 Å². The van der Waals surface area contributed by atoms with Crippen LogP contribution >= 0.6 is 0 Å². The lowest BCUT2D eigenvalue weighted by Gasteiger charge is -2.34. The van der Waals surface area contributed by atoms with E-state index in [0.717, 1.165) is 11.3 Å². The molecule has 1 fully saturated rings. The number of piperazine rings is 1. The van der Waals surface area contributed by atoms with Gasteiger partial charge in [0.25, 0.3) is 5.91 Å². The lowest BCUT2D eigenvalue weighted by molar-refractivity contribution is -0.117. The van der Waals surface area contributed by atoms with E-state index >= 15 is 0 Å². The predicted molar refractivity (Wildman–Crippen MR) is 103 cm³/mol. The maximum absolute atomic E-state index is 13.0. The van der Waals surface area contributed by atoms with Gasteiger partial charge in [-0.2, -0.15) is 0 Å². The molecule has 3 rings (SSSR count). The highest BCUT2D eigenvalue weighted by atomic mass is 19.1. The zero-order chi connectivity index (χ0) is 19.4. The van der Waals surface area contributed by atoms with Crippen LogP contribution in [0, 0.1) is 19.7 Å². The van der Waals surface area contributed by atoms with E-state index in [0.29, 0.717) is 38.3 Å². The Morgan fingerprint density at radius 3 is 2.26 bits per heavy atom. The maximum Gasteiger partial charge on any atom is 0.253 e. The summed E-state index contributed by atoms with van der Waals surface area (Å²) in [5.41, 5.74) is 3.61. The summed E-state index contributed by atoms with van der Waals surface area (Å²) in [6.45, 7) is 6.71. The van der Waals surface area contributed by atoms with Crippen molar-refractivity contribution in [1.29, 1.82) is 0 Å². The number of hydrogen-bond acceptors (Lipinski definition) is 3. The Balaban J connectivity index is 1.48. The molecule has 0 unspecified atom stereocenters. The molecule has 27 heavy (non-hydrogen) atoms. The molecule has 1 heterocycles. The largest absolute Gasteiger partial charge is 0.336 e. The molecule has 6 heteroatoms. The van der Waals surface area contributed by atoms with Crippen molar-refractivity contribution in [1.82, 2.24) is 9.80 Å². The molecule has 1 N–H and O–H groups in total. The SMILES string of the molecule is Cc1ccc(NC(=O)CN2CCN(C(=O)c3ccc(F)cc3)CC2)cc1C. The van der Waals surface area contributed by atoms with E-state index in [1.54, 1.807) is 4.90 Å². The number of nitrogens with one attached hydrogen (secondary N) is 1. The van der Waals surface area contributed by atoms with Crippen molar-refractivity contribution in [2.75, 3.05) is 38.0 Å². The Bertz CT molecular complexity index is 828. The minimum Gasteiger partial charge on any atom is -0.336 e. The smallest absolute Gasteiger partial charge is 0.253 e. The Labute approximate surface area is 158 Å². The molecule has 0 spiro atoms. The van der Waals surface area contributed by atoms with Crippen molar-refractivity contribution < 1.29 is 14.0 Å². The molecule has 0 bridgehead atoms. The number of carbonyl (C=O) groups is 2. The van der Waals surface area contributed by atoms with Crippen molar-refractivity contribution in [3.05, 3.63) is 65.0 Å². The van der Waals surface area contributed by atoms with E-state index in [2.05, 4.69) is 5.32 Å². The van der Waals surface area contributed by atoms with E-state index in [1.165, 1.54) is 29.8 Å². The average molecular weight is 369 g/mol. The molecule has 0 aliphatic carbocycles. The molecule has 1 aliphatic heterocycles. The topological polar surface area (TPSA) is 52.7 Å². The number of hydrogen-bond donors (Lipinski definition) is 1. The van der Waals surface area contributed by atoms with Crippen molar-refractivity contribution in [2.24, 2.45) is 0 Å². The number of amides is 2. The number of carbonyl (C=O) groups excluding carboxylic acids is 2. The van der Waals surface area contributed by atoms with E-state index < -0.39 is 0 Å². The minimum absolute atomic E-state index is 0.0587. The first kappa shape index (κ1) is 19.0. The fraction of sp³-hybridized carbons (Fsp3) is 0.333. The predicted octanol–water partition coefficient (Wildman–Crippen LogP) is 2.84. The first-order valence-corrected chi connectivity index (χ1v) is 9.06. The molecule has 2 aromatic carbocycles. The highest BCUT2D eigenvalue weighted by Gasteiger charge is 2.23. The second kappa shape index (κ2) is 8.31. The monoisotopic (exact) mass is 369 g/mol. The summed E-state index contributed by atoms with van der Waals surface area (Å²) in [5.74, 6) is -0.517. The van der Waals surface area contributed by atoms with Gasteiger partial charge in [-0.25, -0.2) is 4.39 Å². The zero-order valence-corrected chi connectivity index (χ0v) is 15.7. The summed E-state index contributed by atoms with van der Waals surface area (Å²) < 4.78 is 13.0. The summed E-state index contributed by atoms with van der Waals surface area (Å²) in [6, 6.07) is 11.4. The number of anilines is 1. The average Bonchev–Trinajstić information content (AvgIpc) is 2.65. The van der Waals surface area contributed by atoms with Crippen LogP contribution in [0.25, 0.3) is 0 Å². The number of benzene rings is 2. The number of aryl methyl sites for hydroxylation is 2. The first-order chi connectivity index (χ1) is 12.9. The van der Waals surface area contributed by atoms with E-state index in [9.17, 15) is 14.0 Å². The number of halogens is 1. The standard InChI is InChI=1S/C21H24FN3O2/c1-15-3-8-19(13-16(15)2)23-20(26)14-24-9-11-25(12-10-24)21(27)17-4-6-18(22)7-5-17/h3-8,13H,9-12,14H2,1-2H3,(H,23,26). The molecule has 0 atom stereocenters. The molecule has 2 aromatic rings. The highest BCUT2D eigenvalue weighted by molar-refractivity contribution is 5.94. The normalized spacial score (nSPS) is 14.9. The summed E-state index contributed by atoms with van der Waals surface area (Å²) >= 11 is 0.